The average Bonchev–Trinajstić information content (AvgIpc) is 3.23. The molecule has 0 unspecified atom stereocenters. The van der Waals surface area contributed by atoms with Crippen molar-refractivity contribution in [2.75, 3.05) is 32.7 Å². The Balaban J connectivity index is 0.00000288. The van der Waals surface area contributed by atoms with Crippen LogP contribution in [0.3, 0.4) is 0 Å². The van der Waals surface area contributed by atoms with E-state index in [2.05, 4.69) is 32.9 Å². The van der Waals surface area contributed by atoms with E-state index in [-0.39, 0.29) is 36.4 Å². The van der Waals surface area contributed by atoms with E-state index in [1.54, 1.807) is 11.3 Å². The number of aromatic nitrogens is 1. The summed E-state index contributed by atoms with van der Waals surface area (Å²) < 4.78 is 0. The van der Waals surface area contributed by atoms with Crippen molar-refractivity contribution in [1.29, 1.82) is 0 Å². The Morgan fingerprint density at radius 3 is 2.71 bits per heavy atom. The number of guanidine groups is 1. The number of aryl methyl sites for hydroxylation is 1. The van der Waals surface area contributed by atoms with Gasteiger partial charge in [0.15, 0.2) is 5.96 Å². The topological polar surface area (TPSA) is 69.6 Å². The van der Waals surface area contributed by atoms with E-state index in [0.29, 0.717) is 5.96 Å². The van der Waals surface area contributed by atoms with Crippen LogP contribution in [0, 0.1) is 0 Å². The summed E-state index contributed by atoms with van der Waals surface area (Å²) in [5, 5.41) is 9.75. The van der Waals surface area contributed by atoms with Gasteiger partial charge in [0.05, 0.1) is 10.7 Å². The number of aliphatic imine (C=N–C) groups is 1. The van der Waals surface area contributed by atoms with Crippen LogP contribution in [-0.2, 0) is 17.6 Å². The third-order valence-corrected chi connectivity index (χ3v) is 4.79. The molecule has 24 heavy (non-hydrogen) atoms. The van der Waals surface area contributed by atoms with E-state index in [4.69, 9.17) is 0 Å². The lowest BCUT2D eigenvalue weighted by atomic mass is 10.3. The van der Waals surface area contributed by atoms with Crippen LogP contribution >= 0.6 is 35.3 Å². The highest BCUT2D eigenvalue weighted by Gasteiger charge is 2.17. The Morgan fingerprint density at radius 1 is 1.33 bits per heavy atom. The van der Waals surface area contributed by atoms with E-state index >= 15 is 0 Å². The summed E-state index contributed by atoms with van der Waals surface area (Å²) in [5.74, 6) is 0.817. The Bertz CT molecular complexity index is 528. The van der Waals surface area contributed by atoms with E-state index in [9.17, 15) is 4.79 Å². The predicted octanol–water partition coefficient (Wildman–Crippen LogP) is 2.04. The first-order valence-corrected chi connectivity index (χ1v) is 9.34. The molecule has 136 valence electrons. The molecule has 1 aliphatic heterocycles. The van der Waals surface area contributed by atoms with Gasteiger partial charge in [-0.05, 0) is 26.2 Å². The van der Waals surface area contributed by atoms with Gasteiger partial charge in [-0.15, -0.1) is 35.3 Å². The average molecular weight is 465 g/mol. The molecule has 0 aromatic carbocycles. The third-order valence-electron chi connectivity index (χ3n) is 3.75. The van der Waals surface area contributed by atoms with Crippen LogP contribution in [0.1, 0.15) is 37.4 Å². The number of thiazole rings is 1. The second-order valence-electron chi connectivity index (χ2n) is 5.55. The number of hydrogen-bond donors (Lipinski definition) is 2. The fraction of sp³-hybridized carbons (Fsp3) is 0.688. The van der Waals surface area contributed by atoms with E-state index in [1.165, 1.54) is 5.01 Å². The molecule has 8 heteroatoms. The van der Waals surface area contributed by atoms with Gasteiger partial charge in [-0.1, -0.05) is 6.92 Å². The number of amides is 1. The van der Waals surface area contributed by atoms with Gasteiger partial charge in [0, 0.05) is 38.0 Å². The van der Waals surface area contributed by atoms with Crippen LogP contribution in [0.2, 0.25) is 0 Å². The number of likely N-dealkylation sites (tertiary alicyclic amines) is 1. The zero-order valence-corrected chi connectivity index (χ0v) is 17.7. The summed E-state index contributed by atoms with van der Waals surface area (Å²) >= 11 is 1.71. The maximum atomic E-state index is 12.0. The number of carbonyl (C=O) groups is 1. The molecule has 1 aliphatic rings. The molecule has 0 saturated carbocycles. The second kappa shape index (κ2) is 11.6. The molecule has 0 spiro atoms. The van der Waals surface area contributed by atoms with Crippen molar-refractivity contribution < 1.29 is 4.79 Å². The van der Waals surface area contributed by atoms with E-state index in [1.807, 2.05) is 11.8 Å². The molecule has 0 radical (unpaired) electrons. The summed E-state index contributed by atoms with van der Waals surface area (Å²) in [6, 6.07) is 0. The lowest BCUT2D eigenvalue weighted by Gasteiger charge is -2.15. The van der Waals surface area contributed by atoms with E-state index < -0.39 is 0 Å². The molecule has 6 nitrogen and oxygen atoms in total. The van der Waals surface area contributed by atoms with Crippen LogP contribution in [-0.4, -0.2) is 54.5 Å². The minimum atomic E-state index is 0. The summed E-state index contributed by atoms with van der Waals surface area (Å²) in [6.45, 7) is 7.65. The first-order chi connectivity index (χ1) is 11.2. The molecule has 1 fully saturated rings. The normalized spacial score (nSPS) is 14.4. The van der Waals surface area contributed by atoms with Crippen LogP contribution < -0.4 is 10.6 Å². The van der Waals surface area contributed by atoms with Gasteiger partial charge < -0.3 is 15.5 Å². The van der Waals surface area contributed by atoms with Crippen molar-refractivity contribution in [3.63, 3.8) is 0 Å². The molecule has 1 amide bonds. The van der Waals surface area contributed by atoms with Crippen LogP contribution in [0.25, 0.3) is 0 Å². The molecule has 1 aromatic heterocycles. The lowest BCUT2D eigenvalue weighted by molar-refractivity contribution is -0.128. The zero-order valence-electron chi connectivity index (χ0n) is 14.5. The highest BCUT2D eigenvalue weighted by Crippen LogP contribution is 2.10. The number of carbonyl (C=O) groups excluding carboxylic acids is 1. The molecule has 2 rings (SSSR count). The molecule has 1 aromatic rings. The highest BCUT2D eigenvalue weighted by atomic mass is 127. The molecular weight excluding hydrogens is 437 g/mol. The van der Waals surface area contributed by atoms with Gasteiger partial charge in [-0.2, -0.15) is 0 Å². The number of nitrogens with one attached hydrogen (secondary N) is 2. The minimum Gasteiger partial charge on any atom is -0.357 e. The Labute approximate surface area is 165 Å². The van der Waals surface area contributed by atoms with Gasteiger partial charge >= 0.3 is 0 Å². The molecule has 0 bridgehead atoms. The SMILES string of the molecule is CCNC(=NCC(=O)N1CCCC1)NCCc1csc(CC)n1.I. The number of halogens is 1. The zero-order chi connectivity index (χ0) is 16.5. The third kappa shape index (κ3) is 6.92. The standard InChI is InChI=1S/C16H27N5OS.HI/c1-3-14-20-13(12-23-14)7-8-18-16(17-4-2)19-11-15(22)21-9-5-6-10-21;/h12H,3-11H2,1-2H3,(H2,17,18,19);1H. The quantitative estimate of drug-likeness (QED) is 0.368. The van der Waals surface area contributed by atoms with Crippen molar-refractivity contribution in [3.05, 3.63) is 16.1 Å². The summed E-state index contributed by atoms with van der Waals surface area (Å²) in [6.07, 6.45) is 4.07. The van der Waals surface area contributed by atoms with Crippen LogP contribution in [0.4, 0.5) is 0 Å². The van der Waals surface area contributed by atoms with Crippen molar-refractivity contribution >= 4 is 47.2 Å². The van der Waals surface area contributed by atoms with E-state index in [0.717, 1.165) is 57.6 Å². The monoisotopic (exact) mass is 465 g/mol. The Morgan fingerprint density at radius 2 is 2.08 bits per heavy atom. The molecular formula is C16H28IN5OS. The Hall–Kier alpha value is -0.900. The lowest BCUT2D eigenvalue weighted by Crippen LogP contribution is -2.39. The molecule has 2 N–H and O–H groups in total. The number of nitrogens with zero attached hydrogens (tertiary/aromatic N) is 3. The van der Waals surface area contributed by atoms with Crippen LogP contribution in [0.15, 0.2) is 10.4 Å². The largest absolute Gasteiger partial charge is 0.357 e. The summed E-state index contributed by atoms with van der Waals surface area (Å²) in [7, 11) is 0. The van der Waals surface area contributed by atoms with Gasteiger partial charge in [0.1, 0.15) is 6.54 Å². The molecule has 0 atom stereocenters. The maximum Gasteiger partial charge on any atom is 0.244 e. The molecule has 0 aliphatic carbocycles. The Kier molecular flexibility index (Phi) is 10.2. The number of rotatable bonds is 7. The van der Waals surface area contributed by atoms with Crippen molar-refractivity contribution in [3.8, 4) is 0 Å². The first-order valence-electron chi connectivity index (χ1n) is 8.46. The van der Waals surface area contributed by atoms with Crippen LogP contribution in [0.5, 0.6) is 0 Å². The first kappa shape index (κ1) is 21.1. The van der Waals surface area contributed by atoms with Gasteiger partial charge in [-0.25, -0.2) is 9.98 Å². The summed E-state index contributed by atoms with van der Waals surface area (Å²) in [5.41, 5.74) is 1.11. The van der Waals surface area contributed by atoms with Gasteiger partial charge in [0.2, 0.25) is 5.91 Å². The maximum absolute atomic E-state index is 12.0. The molecule has 1 saturated heterocycles. The van der Waals surface area contributed by atoms with Crippen molar-refractivity contribution in [2.45, 2.75) is 39.5 Å². The molecule has 2 heterocycles. The predicted molar refractivity (Wildman–Crippen MR) is 110 cm³/mol. The van der Waals surface area contributed by atoms with Gasteiger partial charge in [-0.3, -0.25) is 4.79 Å². The minimum absolute atomic E-state index is 0. The van der Waals surface area contributed by atoms with Crippen molar-refractivity contribution in [2.24, 2.45) is 4.99 Å². The fourth-order valence-corrected chi connectivity index (χ4v) is 3.27. The van der Waals surface area contributed by atoms with Gasteiger partial charge in [0.25, 0.3) is 0 Å². The number of hydrogen-bond acceptors (Lipinski definition) is 4. The van der Waals surface area contributed by atoms with Crippen molar-refractivity contribution in [1.82, 2.24) is 20.5 Å². The fourth-order valence-electron chi connectivity index (χ4n) is 2.49. The highest BCUT2D eigenvalue weighted by molar-refractivity contribution is 14.0. The second-order valence-corrected chi connectivity index (χ2v) is 6.49. The summed E-state index contributed by atoms with van der Waals surface area (Å²) in [4.78, 5) is 22.9. The smallest absolute Gasteiger partial charge is 0.244 e.